The van der Waals surface area contributed by atoms with E-state index in [-0.39, 0.29) is 42.7 Å². The zero-order valence-corrected chi connectivity index (χ0v) is 40.0. The van der Waals surface area contributed by atoms with Crippen LogP contribution in [0.15, 0.2) is 17.4 Å². The summed E-state index contributed by atoms with van der Waals surface area (Å²) in [5.41, 5.74) is 18.1. The third-order valence-electron chi connectivity index (χ3n) is 11.4. The van der Waals surface area contributed by atoms with Crippen LogP contribution in [-0.2, 0) is 36.6 Å². The lowest BCUT2D eigenvalue weighted by Gasteiger charge is -2.38. The first-order valence-corrected chi connectivity index (χ1v) is 23.0. The van der Waals surface area contributed by atoms with Gasteiger partial charge in [0.2, 0.25) is 29.7 Å². The van der Waals surface area contributed by atoms with Crippen LogP contribution < -0.4 is 32.3 Å². The van der Waals surface area contributed by atoms with Gasteiger partial charge in [-0.05, 0) is 51.5 Å². The molecule has 0 bridgehead atoms. The Kier molecular flexibility index (Phi) is 23.2. The Bertz CT molecular complexity index is 1990. The lowest BCUT2D eigenvalue weighted by atomic mass is 9.97. The highest BCUT2D eigenvalue weighted by Gasteiger charge is 2.35. The summed E-state index contributed by atoms with van der Waals surface area (Å²) in [4.78, 5) is 54.3. The predicted molar refractivity (Wildman–Crippen MR) is 255 cm³/mol. The van der Waals surface area contributed by atoms with Gasteiger partial charge in [0, 0.05) is 77.8 Å². The molecule has 2 amide bonds. The van der Waals surface area contributed by atoms with E-state index >= 15 is 0 Å². The number of ether oxygens (including phenoxy) is 3. The molecule has 2 aliphatic heterocycles. The van der Waals surface area contributed by atoms with Crippen LogP contribution in [0.5, 0.6) is 0 Å². The van der Waals surface area contributed by atoms with Crippen molar-refractivity contribution in [2.45, 2.75) is 77.5 Å². The van der Waals surface area contributed by atoms with E-state index in [0.29, 0.717) is 142 Å². The Morgan fingerprint density at radius 1 is 0.791 bits per heavy atom. The second-order valence-corrected chi connectivity index (χ2v) is 16.3. The monoisotopic (exact) mass is 959 g/mol. The van der Waals surface area contributed by atoms with Crippen molar-refractivity contribution in [3.05, 3.63) is 23.8 Å². The first-order chi connectivity index (χ1) is 32.0. The van der Waals surface area contributed by atoms with Crippen molar-refractivity contribution in [1.82, 2.24) is 54.7 Å². The molecule has 3 aromatic heterocycles. The summed E-state index contributed by atoms with van der Waals surface area (Å²) in [5, 5.41) is 31.2. The van der Waals surface area contributed by atoms with Gasteiger partial charge in [0.1, 0.15) is 12.6 Å². The van der Waals surface area contributed by atoms with E-state index in [1.165, 1.54) is 4.68 Å². The number of anilines is 3. The van der Waals surface area contributed by atoms with Gasteiger partial charge in [0.25, 0.3) is 0 Å². The highest BCUT2D eigenvalue weighted by atomic mass is 35.5. The number of aromatic nitrogens is 9. The number of aliphatic hydroxyl groups is 1. The van der Waals surface area contributed by atoms with Crippen molar-refractivity contribution in [3.8, 4) is 12.3 Å². The molecule has 67 heavy (non-hydrogen) atoms. The van der Waals surface area contributed by atoms with Crippen LogP contribution in [0.3, 0.4) is 0 Å². The van der Waals surface area contributed by atoms with Gasteiger partial charge in [-0.15, -0.1) is 29.0 Å². The molecule has 2 fully saturated rings. The first kappa shape index (κ1) is 54.2. The molecule has 5 heterocycles. The predicted octanol–water partition coefficient (Wildman–Crippen LogP) is -0.735. The van der Waals surface area contributed by atoms with Crippen molar-refractivity contribution in [3.63, 3.8) is 0 Å². The highest BCUT2D eigenvalue weighted by molar-refractivity contribution is 5.85. The summed E-state index contributed by atoms with van der Waals surface area (Å²) in [6, 6.07) is -1.43. The summed E-state index contributed by atoms with van der Waals surface area (Å²) in [6.45, 7) is 13.0. The van der Waals surface area contributed by atoms with E-state index in [4.69, 9.17) is 52.8 Å². The van der Waals surface area contributed by atoms with Crippen LogP contribution in [0, 0.1) is 18.3 Å². The third-order valence-corrected chi connectivity index (χ3v) is 11.4. The Hall–Kier alpha value is -5.45. The molecule has 0 aromatic carbocycles. The number of rotatable bonds is 28. The van der Waals surface area contributed by atoms with Crippen LogP contribution >= 0.6 is 12.4 Å². The van der Waals surface area contributed by atoms with Crippen molar-refractivity contribution < 1.29 is 28.9 Å². The van der Waals surface area contributed by atoms with E-state index in [2.05, 4.69) is 55.6 Å². The number of nitrogens with two attached hydrogens (primary N) is 3. The fraction of sp³-hybridized carbons (Fsp3) is 0.714. The number of nitrogens with one attached hydrogen (secondary N) is 1. The average molecular weight is 960 g/mol. The van der Waals surface area contributed by atoms with Crippen molar-refractivity contribution in [2.24, 2.45) is 28.1 Å². The molecule has 4 atom stereocenters. The molecule has 0 saturated carbocycles. The number of amides is 2. The Labute approximate surface area is 399 Å². The number of halogens is 1. The summed E-state index contributed by atoms with van der Waals surface area (Å²) in [6.07, 6.45) is 12.3. The molecule has 24 nitrogen and oxygen atoms in total. The number of unbranched alkanes of at least 4 members (excludes halogenated alkanes) is 1. The number of piperazine rings is 2. The van der Waals surface area contributed by atoms with Gasteiger partial charge in [-0.3, -0.25) is 14.6 Å². The standard InChI is InChI=1S/C42H70N18O6.ClH/c1-5-23-64-25-27-66-28-26-65-24-14-47-40-48-41(57-19-15-55(16-20-57)37(62)35(31(3)6-2)59-29-34(52-53-59)11-9-13-46-39(44)45)50-42(49-40)58-21-17-56(18-22-58)38(63)36(32(4)61)60-30-33(51-54-60)10-7-8-12-43;/h1,29-32,35-36,61H,6-28,43H2,2-4H3,(H4,44,45,46)(H,47,48,49,50);1H/t31-,32+,35-,36-;/m0./s1. The molecular formula is C42H71ClN18O6. The van der Waals surface area contributed by atoms with Crippen LogP contribution in [-0.4, -0.2) is 195 Å². The van der Waals surface area contributed by atoms with Crippen molar-refractivity contribution in [2.75, 3.05) is 127 Å². The summed E-state index contributed by atoms with van der Waals surface area (Å²) >= 11 is 0. The smallest absolute Gasteiger partial charge is 0.250 e. The van der Waals surface area contributed by atoms with Crippen LogP contribution in [0.2, 0.25) is 0 Å². The number of hydrogen-bond donors (Lipinski definition) is 5. The van der Waals surface area contributed by atoms with Crippen LogP contribution in [0.25, 0.3) is 0 Å². The second kappa shape index (κ2) is 28.7. The molecule has 0 radical (unpaired) electrons. The maximum Gasteiger partial charge on any atom is 0.250 e. The molecule has 2 aliphatic rings. The number of aryl methyl sites for hydroxylation is 2. The summed E-state index contributed by atoms with van der Waals surface area (Å²) < 4.78 is 19.7. The molecule has 8 N–H and O–H groups in total. The molecule has 25 heteroatoms. The fourth-order valence-corrected chi connectivity index (χ4v) is 7.58. The molecule has 0 unspecified atom stereocenters. The molecular weight excluding hydrogens is 888 g/mol. The third kappa shape index (κ3) is 16.7. The maximum atomic E-state index is 14.2. The van der Waals surface area contributed by atoms with Crippen molar-refractivity contribution in [1.29, 1.82) is 0 Å². The van der Waals surface area contributed by atoms with Gasteiger partial charge in [-0.25, -0.2) is 9.36 Å². The van der Waals surface area contributed by atoms with Gasteiger partial charge in [-0.2, -0.15) is 15.0 Å². The minimum absolute atomic E-state index is 0. The molecule has 3 aromatic rings. The zero-order chi connectivity index (χ0) is 47.3. The van der Waals surface area contributed by atoms with Gasteiger partial charge in [0.05, 0.1) is 50.5 Å². The number of nitrogens with zero attached hydrogens (tertiary/aromatic N) is 14. The molecule has 372 valence electrons. The quantitative estimate of drug-likeness (QED) is 0.0259. The summed E-state index contributed by atoms with van der Waals surface area (Å²) in [5.74, 6) is 3.53. The van der Waals surface area contributed by atoms with E-state index in [0.717, 1.165) is 30.7 Å². The number of carbonyl (C=O) groups excluding carboxylic acids is 2. The minimum atomic E-state index is -0.991. The largest absolute Gasteiger partial charge is 0.391 e. The number of aliphatic imine (C=N–C) groups is 1. The zero-order valence-electron chi connectivity index (χ0n) is 39.2. The van der Waals surface area contributed by atoms with E-state index < -0.39 is 18.2 Å². The van der Waals surface area contributed by atoms with Crippen LogP contribution in [0.1, 0.15) is 69.9 Å². The number of hydrogen-bond acceptors (Lipinski definition) is 18. The average Bonchev–Trinajstić information content (AvgIpc) is 3.99. The minimum Gasteiger partial charge on any atom is -0.391 e. The fourth-order valence-electron chi connectivity index (χ4n) is 7.58. The first-order valence-electron chi connectivity index (χ1n) is 23.0. The second-order valence-electron chi connectivity index (χ2n) is 16.3. The number of terminal acetylenes is 1. The Morgan fingerprint density at radius 3 is 1.84 bits per heavy atom. The lowest BCUT2D eigenvalue weighted by molar-refractivity contribution is -0.139. The molecule has 0 spiro atoms. The van der Waals surface area contributed by atoms with Gasteiger partial charge in [-0.1, -0.05) is 36.6 Å². The van der Waals surface area contributed by atoms with Gasteiger partial charge in [0.15, 0.2) is 12.0 Å². The normalized spacial score (nSPS) is 15.9. The molecule has 0 aliphatic carbocycles. The van der Waals surface area contributed by atoms with Crippen molar-refractivity contribution >= 4 is 48.0 Å². The maximum absolute atomic E-state index is 14.2. The van der Waals surface area contributed by atoms with Gasteiger partial charge < -0.3 is 61.4 Å². The summed E-state index contributed by atoms with van der Waals surface area (Å²) in [7, 11) is 0. The number of guanidine groups is 1. The molecule has 2 saturated heterocycles. The van der Waals surface area contributed by atoms with E-state index in [1.54, 1.807) is 22.7 Å². The van der Waals surface area contributed by atoms with E-state index in [1.807, 2.05) is 16.0 Å². The Balaban J connectivity index is 0.00000980. The lowest BCUT2D eigenvalue weighted by Crippen LogP contribution is -2.53. The van der Waals surface area contributed by atoms with Crippen LogP contribution in [0.4, 0.5) is 17.8 Å². The molecule has 5 rings (SSSR count). The highest BCUT2D eigenvalue weighted by Crippen LogP contribution is 2.26. The SMILES string of the molecule is C#CCOCCOCCOCCNc1nc(N2CCN(C(=O)[C@H]([C@@H](C)O)n3cc(CCCCN)nn3)CC2)nc(N2CCN(C(=O)[C@H]([C@@H](C)CC)n3cc(CCCN=C(N)N)nn3)CC2)n1.Cl. The van der Waals surface area contributed by atoms with E-state index in [9.17, 15) is 14.7 Å². The topological polar surface area (TPSA) is 298 Å². The van der Waals surface area contributed by atoms with Gasteiger partial charge >= 0.3 is 0 Å². The Morgan fingerprint density at radius 2 is 1.31 bits per heavy atom. The number of aliphatic hydroxyl groups excluding tert-OH is 1. The number of carbonyl (C=O) groups is 2.